The summed E-state index contributed by atoms with van der Waals surface area (Å²) in [6.07, 6.45) is 11.5. The lowest BCUT2D eigenvalue weighted by Crippen LogP contribution is -2.47. The molecule has 0 atom stereocenters. The van der Waals surface area contributed by atoms with E-state index in [1.54, 1.807) is 0 Å². The second-order valence-corrected chi connectivity index (χ2v) is 8.86. The largest absolute Gasteiger partial charge is 0.319 e. The first-order valence-corrected chi connectivity index (χ1v) is 9.32. The van der Waals surface area contributed by atoms with Gasteiger partial charge in [-0.1, -0.05) is 46.5 Å². The van der Waals surface area contributed by atoms with E-state index in [4.69, 9.17) is 0 Å². The maximum atomic E-state index is 3.50. The summed E-state index contributed by atoms with van der Waals surface area (Å²) in [5.74, 6) is 0.920. The van der Waals surface area contributed by atoms with Gasteiger partial charge in [0, 0.05) is 13.1 Å². The van der Waals surface area contributed by atoms with Crippen LogP contribution in [-0.4, -0.2) is 38.1 Å². The Balaban J connectivity index is 1.90. The average Bonchev–Trinajstić information content (AvgIpc) is 2.65. The third kappa shape index (κ3) is 4.96. The third-order valence-corrected chi connectivity index (χ3v) is 6.09. The van der Waals surface area contributed by atoms with Crippen molar-refractivity contribution in [3.8, 4) is 0 Å². The summed E-state index contributed by atoms with van der Waals surface area (Å²) in [6, 6.07) is 0. The Labute approximate surface area is 133 Å². The summed E-state index contributed by atoms with van der Waals surface area (Å²) in [4.78, 5) is 2.78. The lowest BCUT2D eigenvalue weighted by atomic mass is 9.74. The van der Waals surface area contributed by atoms with Crippen LogP contribution >= 0.6 is 0 Å². The van der Waals surface area contributed by atoms with Gasteiger partial charge in [-0.25, -0.2) is 0 Å². The molecule has 0 radical (unpaired) electrons. The Morgan fingerprint density at radius 3 is 2.05 bits per heavy atom. The highest BCUT2D eigenvalue weighted by Crippen LogP contribution is 2.38. The van der Waals surface area contributed by atoms with Crippen molar-refractivity contribution >= 4 is 0 Å². The van der Waals surface area contributed by atoms with Crippen LogP contribution in [0.5, 0.6) is 0 Å². The summed E-state index contributed by atoms with van der Waals surface area (Å²) in [6.45, 7) is 12.5. The van der Waals surface area contributed by atoms with Crippen molar-refractivity contribution in [2.45, 2.75) is 72.1 Å². The lowest BCUT2D eigenvalue weighted by molar-refractivity contribution is 0.0670. The van der Waals surface area contributed by atoms with Crippen LogP contribution in [0.15, 0.2) is 0 Å². The zero-order chi connectivity index (χ0) is 15.3. The van der Waals surface area contributed by atoms with Gasteiger partial charge < -0.3 is 10.2 Å². The zero-order valence-electron chi connectivity index (χ0n) is 15.0. The highest BCUT2D eigenvalue weighted by Gasteiger charge is 2.35. The molecular weight excluding hydrogens is 256 g/mol. The van der Waals surface area contributed by atoms with Gasteiger partial charge in [0.05, 0.1) is 0 Å². The van der Waals surface area contributed by atoms with Gasteiger partial charge in [0.15, 0.2) is 0 Å². The normalized spacial score (nSPS) is 25.7. The number of hydrogen-bond acceptors (Lipinski definition) is 2. The molecule has 21 heavy (non-hydrogen) atoms. The van der Waals surface area contributed by atoms with Gasteiger partial charge in [-0.2, -0.15) is 0 Å². The standard InChI is InChI=1S/C19H38N2/c1-18(2,3)17-9-13-21(14-10-17)16-19(15-20-4)11-7-5-6-8-12-19/h17,20H,5-16H2,1-4H3. The molecule has 2 heteroatoms. The molecule has 2 nitrogen and oxygen atoms in total. The molecule has 2 aliphatic rings. The van der Waals surface area contributed by atoms with Crippen LogP contribution in [0.1, 0.15) is 72.1 Å². The minimum Gasteiger partial charge on any atom is -0.319 e. The molecule has 1 heterocycles. The van der Waals surface area contributed by atoms with Gasteiger partial charge in [-0.15, -0.1) is 0 Å². The fourth-order valence-corrected chi connectivity index (χ4v) is 4.68. The SMILES string of the molecule is CNCC1(CN2CCC(C(C)(C)C)CC2)CCCCCC1. The second-order valence-electron chi connectivity index (χ2n) is 8.86. The number of likely N-dealkylation sites (tertiary alicyclic amines) is 1. The fourth-order valence-electron chi connectivity index (χ4n) is 4.68. The van der Waals surface area contributed by atoms with E-state index in [1.807, 2.05) is 0 Å². The van der Waals surface area contributed by atoms with Crippen LogP contribution < -0.4 is 5.32 Å². The van der Waals surface area contributed by atoms with Crippen molar-refractivity contribution in [2.75, 3.05) is 33.2 Å². The molecule has 0 bridgehead atoms. The van der Waals surface area contributed by atoms with Crippen LogP contribution in [-0.2, 0) is 0 Å². The Kier molecular flexibility index (Phi) is 6.14. The summed E-state index contributed by atoms with van der Waals surface area (Å²) in [5, 5.41) is 3.50. The van der Waals surface area contributed by atoms with E-state index < -0.39 is 0 Å². The molecule has 1 saturated carbocycles. The van der Waals surface area contributed by atoms with Gasteiger partial charge in [-0.05, 0) is 62.6 Å². The number of nitrogens with one attached hydrogen (secondary N) is 1. The van der Waals surface area contributed by atoms with Gasteiger partial charge in [0.1, 0.15) is 0 Å². The highest BCUT2D eigenvalue weighted by molar-refractivity contribution is 4.89. The predicted octanol–water partition coefficient (Wildman–Crippen LogP) is 4.30. The molecule has 0 spiro atoms. The maximum absolute atomic E-state index is 3.50. The van der Waals surface area contributed by atoms with E-state index in [0.717, 1.165) is 5.92 Å². The Bertz CT molecular complexity index is 289. The molecular formula is C19H38N2. The smallest absolute Gasteiger partial charge is 0.00501 e. The monoisotopic (exact) mass is 294 g/mol. The van der Waals surface area contributed by atoms with E-state index in [1.165, 1.54) is 77.5 Å². The van der Waals surface area contributed by atoms with Crippen molar-refractivity contribution in [1.82, 2.24) is 10.2 Å². The second kappa shape index (κ2) is 7.46. The predicted molar refractivity (Wildman–Crippen MR) is 92.7 cm³/mol. The quantitative estimate of drug-likeness (QED) is 0.778. The Morgan fingerprint density at radius 1 is 1.00 bits per heavy atom. The topological polar surface area (TPSA) is 15.3 Å². The molecule has 124 valence electrons. The molecule has 1 N–H and O–H groups in total. The lowest BCUT2D eigenvalue weighted by Gasteiger charge is -2.43. The molecule has 1 aliphatic heterocycles. The Morgan fingerprint density at radius 2 is 1.57 bits per heavy atom. The summed E-state index contributed by atoms with van der Waals surface area (Å²) in [7, 11) is 2.14. The van der Waals surface area contributed by atoms with Crippen molar-refractivity contribution in [1.29, 1.82) is 0 Å². The van der Waals surface area contributed by atoms with Crippen LogP contribution in [0.2, 0.25) is 0 Å². The minimum atomic E-state index is 0.497. The van der Waals surface area contributed by atoms with Gasteiger partial charge in [-0.3, -0.25) is 0 Å². The summed E-state index contributed by atoms with van der Waals surface area (Å²) >= 11 is 0. The van der Waals surface area contributed by atoms with E-state index in [9.17, 15) is 0 Å². The van der Waals surface area contributed by atoms with Gasteiger partial charge in [0.25, 0.3) is 0 Å². The highest BCUT2D eigenvalue weighted by atomic mass is 15.1. The molecule has 1 aliphatic carbocycles. The number of rotatable bonds is 4. The van der Waals surface area contributed by atoms with Crippen molar-refractivity contribution in [3.63, 3.8) is 0 Å². The van der Waals surface area contributed by atoms with Crippen LogP contribution in [0.4, 0.5) is 0 Å². The van der Waals surface area contributed by atoms with Crippen molar-refractivity contribution in [2.24, 2.45) is 16.7 Å². The van der Waals surface area contributed by atoms with Gasteiger partial charge in [0.2, 0.25) is 0 Å². The van der Waals surface area contributed by atoms with Crippen molar-refractivity contribution < 1.29 is 0 Å². The molecule has 2 fully saturated rings. The molecule has 0 unspecified atom stereocenters. The zero-order valence-corrected chi connectivity index (χ0v) is 15.0. The molecule has 0 amide bonds. The first-order chi connectivity index (χ1) is 9.95. The number of piperidine rings is 1. The van der Waals surface area contributed by atoms with E-state index in [2.05, 4.69) is 38.0 Å². The molecule has 1 saturated heterocycles. The first-order valence-electron chi connectivity index (χ1n) is 9.32. The Hall–Kier alpha value is -0.0800. The van der Waals surface area contributed by atoms with Crippen LogP contribution in [0.3, 0.4) is 0 Å². The minimum absolute atomic E-state index is 0.497. The average molecular weight is 295 g/mol. The first kappa shape index (κ1) is 17.3. The van der Waals surface area contributed by atoms with Crippen LogP contribution in [0, 0.1) is 16.7 Å². The third-order valence-electron chi connectivity index (χ3n) is 6.09. The summed E-state index contributed by atoms with van der Waals surface area (Å²) < 4.78 is 0. The number of hydrogen-bond donors (Lipinski definition) is 1. The van der Waals surface area contributed by atoms with E-state index in [-0.39, 0.29) is 0 Å². The summed E-state index contributed by atoms with van der Waals surface area (Å²) in [5.41, 5.74) is 1.05. The molecule has 0 aromatic carbocycles. The molecule has 0 aromatic rings. The number of nitrogens with zero attached hydrogens (tertiary/aromatic N) is 1. The maximum Gasteiger partial charge on any atom is 0.00501 e. The van der Waals surface area contributed by atoms with Crippen molar-refractivity contribution in [3.05, 3.63) is 0 Å². The molecule has 0 aromatic heterocycles. The molecule has 2 rings (SSSR count). The van der Waals surface area contributed by atoms with Gasteiger partial charge >= 0.3 is 0 Å². The van der Waals surface area contributed by atoms with E-state index in [0.29, 0.717) is 10.8 Å². The fraction of sp³-hybridized carbons (Fsp3) is 1.00. The van der Waals surface area contributed by atoms with Crippen LogP contribution in [0.25, 0.3) is 0 Å². The van der Waals surface area contributed by atoms with E-state index >= 15 is 0 Å².